The third-order valence-electron chi connectivity index (χ3n) is 7.06. The molecule has 0 aliphatic rings. The van der Waals surface area contributed by atoms with Gasteiger partial charge in [0, 0.05) is 48.4 Å². The molecule has 0 aliphatic carbocycles. The van der Waals surface area contributed by atoms with Crippen LogP contribution < -0.4 is 9.47 Å². The summed E-state index contributed by atoms with van der Waals surface area (Å²) in [5, 5.41) is 1.60. The van der Waals surface area contributed by atoms with Gasteiger partial charge in [0.2, 0.25) is 0 Å². The molecular formula is C32H38F2N4O4S. The van der Waals surface area contributed by atoms with Crippen molar-refractivity contribution in [3.8, 4) is 11.5 Å². The molecule has 0 amide bonds. The predicted molar refractivity (Wildman–Crippen MR) is 167 cm³/mol. The number of H-pyrrole nitrogens is 1. The molecule has 0 unspecified atom stereocenters. The molecule has 230 valence electrons. The molecule has 0 spiro atoms. The maximum Gasteiger partial charge on any atom is 0.268 e. The third kappa shape index (κ3) is 7.18. The van der Waals surface area contributed by atoms with E-state index in [1.807, 2.05) is 39.3 Å². The fraction of sp³-hybridized carbons (Fsp3) is 0.312. The van der Waals surface area contributed by atoms with Crippen LogP contribution in [0.4, 0.5) is 8.78 Å². The largest absolute Gasteiger partial charge is 0.496 e. The van der Waals surface area contributed by atoms with Crippen molar-refractivity contribution in [2.24, 2.45) is 0 Å². The molecule has 2 aromatic heterocycles. The number of ether oxygens (including phenoxy) is 2. The fourth-order valence-corrected chi connectivity index (χ4v) is 6.30. The predicted octanol–water partition coefficient (Wildman–Crippen LogP) is 5.55. The minimum absolute atomic E-state index is 0.152. The lowest BCUT2D eigenvalue weighted by molar-refractivity contribution is 0.410. The van der Waals surface area contributed by atoms with E-state index in [0.29, 0.717) is 23.3 Å². The first-order valence-corrected chi connectivity index (χ1v) is 15.2. The van der Waals surface area contributed by atoms with Gasteiger partial charge in [-0.25, -0.2) is 21.2 Å². The number of fused-ring (bicyclic) bond motifs is 2. The molecule has 0 radical (unpaired) electrons. The van der Waals surface area contributed by atoms with E-state index in [0.717, 1.165) is 45.5 Å². The lowest BCUT2D eigenvalue weighted by Crippen LogP contribution is -2.15. The van der Waals surface area contributed by atoms with Crippen LogP contribution in [0.1, 0.15) is 11.1 Å². The molecule has 0 aliphatic heterocycles. The lowest BCUT2D eigenvalue weighted by atomic mass is 10.1. The summed E-state index contributed by atoms with van der Waals surface area (Å²) in [6, 6.07) is 13.6. The van der Waals surface area contributed by atoms with Crippen LogP contribution >= 0.6 is 0 Å². The Morgan fingerprint density at radius 1 is 0.791 bits per heavy atom. The zero-order chi connectivity index (χ0) is 31.3. The number of halogens is 2. The summed E-state index contributed by atoms with van der Waals surface area (Å²) in [6.45, 7) is 1.68. The van der Waals surface area contributed by atoms with Gasteiger partial charge in [-0.3, -0.25) is 0 Å². The molecule has 0 atom stereocenters. The highest BCUT2D eigenvalue weighted by Crippen LogP contribution is 2.34. The summed E-state index contributed by atoms with van der Waals surface area (Å²) in [4.78, 5) is 7.37. The monoisotopic (exact) mass is 612 g/mol. The van der Waals surface area contributed by atoms with Crippen LogP contribution in [0.2, 0.25) is 0 Å². The van der Waals surface area contributed by atoms with Crippen LogP contribution in [0.5, 0.6) is 11.5 Å². The Labute approximate surface area is 251 Å². The summed E-state index contributed by atoms with van der Waals surface area (Å²) in [5.41, 5.74) is 3.02. The Morgan fingerprint density at radius 2 is 1.35 bits per heavy atom. The van der Waals surface area contributed by atoms with Crippen molar-refractivity contribution in [1.29, 1.82) is 0 Å². The molecule has 0 bridgehead atoms. The van der Waals surface area contributed by atoms with Gasteiger partial charge in [-0.2, -0.15) is 0 Å². The molecule has 2 heterocycles. The van der Waals surface area contributed by atoms with Gasteiger partial charge < -0.3 is 24.3 Å². The van der Waals surface area contributed by atoms with Gasteiger partial charge in [0.05, 0.1) is 30.1 Å². The normalized spacial score (nSPS) is 11.8. The topological polar surface area (TPSA) is 79.8 Å². The Kier molecular flexibility index (Phi) is 10.1. The molecule has 5 aromatic rings. The molecule has 3 aromatic carbocycles. The Bertz CT molecular complexity index is 1800. The smallest absolute Gasteiger partial charge is 0.268 e. The highest BCUT2D eigenvalue weighted by Gasteiger charge is 2.24. The Morgan fingerprint density at radius 3 is 1.93 bits per heavy atom. The van der Waals surface area contributed by atoms with Crippen LogP contribution in [0, 0.1) is 11.6 Å². The quantitative estimate of drug-likeness (QED) is 0.223. The molecule has 43 heavy (non-hydrogen) atoms. The average molecular weight is 613 g/mol. The number of rotatable bonds is 10. The summed E-state index contributed by atoms with van der Waals surface area (Å²) in [7, 11) is 7.12. The number of nitrogens with zero attached hydrogens (tertiary/aromatic N) is 3. The molecule has 0 saturated carbocycles. The molecule has 8 nitrogen and oxygen atoms in total. The second-order valence-electron chi connectivity index (χ2n) is 10.7. The van der Waals surface area contributed by atoms with Crippen LogP contribution in [0.25, 0.3) is 21.8 Å². The van der Waals surface area contributed by atoms with Gasteiger partial charge in [0.1, 0.15) is 23.1 Å². The number of aromatic amines is 1. The van der Waals surface area contributed by atoms with E-state index < -0.39 is 15.8 Å². The van der Waals surface area contributed by atoms with Gasteiger partial charge in [-0.15, -0.1) is 0 Å². The molecule has 0 fully saturated rings. The molecule has 1 N–H and O–H groups in total. The van der Waals surface area contributed by atoms with Crippen molar-refractivity contribution in [1.82, 2.24) is 18.8 Å². The van der Waals surface area contributed by atoms with Crippen molar-refractivity contribution >= 4 is 31.8 Å². The van der Waals surface area contributed by atoms with E-state index in [9.17, 15) is 17.2 Å². The number of likely N-dealkylation sites (N-methyl/N-ethyl adjacent to an activating group) is 2. The third-order valence-corrected chi connectivity index (χ3v) is 8.75. The highest BCUT2D eigenvalue weighted by atomic mass is 32.2. The first-order chi connectivity index (χ1) is 20.5. The lowest BCUT2D eigenvalue weighted by Gasteiger charge is -2.09. The zero-order valence-electron chi connectivity index (χ0n) is 25.3. The van der Waals surface area contributed by atoms with Gasteiger partial charge in [0.15, 0.2) is 0 Å². The maximum atomic E-state index is 14.1. The summed E-state index contributed by atoms with van der Waals surface area (Å²) >= 11 is 0. The van der Waals surface area contributed by atoms with Crippen LogP contribution in [-0.4, -0.2) is 82.7 Å². The van der Waals surface area contributed by atoms with Gasteiger partial charge in [0.25, 0.3) is 10.0 Å². The standard InChI is InChI=1S/C19H21FN2O3S.C13H17FN2O/c1-21(2)10-9-14-13-22(26(23,24)16-7-5-4-6-8-16)17-11-15(20)12-18(25-3)19(14)17;1-16(2)5-4-9-8-15-11-6-10(14)7-12(17-3)13(9)11/h4-8,11-13H,9-10H2,1-3H3;6-8,15H,4-5H2,1-3H3. The number of methoxy groups -OCH3 is 2. The molecule has 5 rings (SSSR count). The number of nitrogens with one attached hydrogen (secondary N) is 1. The first-order valence-electron chi connectivity index (χ1n) is 13.8. The van der Waals surface area contributed by atoms with E-state index in [4.69, 9.17) is 9.47 Å². The highest BCUT2D eigenvalue weighted by molar-refractivity contribution is 7.90. The Balaban J connectivity index is 0.000000215. The van der Waals surface area contributed by atoms with E-state index >= 15 is 0 Å². The maximum absolute atomic E-state index is 14.1. The number of hydrogen-bond donors (Lipinski definition) is 1. The minimum Gasteiger partial charge on any atom is -0.496 e. The minimum atomic E-state index is -3.84. The van der Waals surface area contributed by atoms with Gasteiger partial charge in [-0.05, 0) is 76.4 Å². The van der Waals surface area contributed by atoms with Crippen molar-refractivity contribution in [2.75, 3.05) is 55.5 Å². The van der Waals surface area contributed by atoms with Gasteiger partial charge >= 0.3 is 0 Å². The average Bonchev–Trinajstić information content (AvgIpc) is 3.56. The molecular weight excluding hydrogens is 574 g/mol. The summed E-state index contributed by atoms with van der Waals surface area (Å²) < 4.78 is 65.3. The fourth-order valence-electron chi connectivity index (χ4n) is 4.91. The van der Waals surface area contributed by atoms with Crippen LogP contribution in [0.3, 0.4) is 0 Å². The number of aromatic nitrogens is 2. The van der Waals surface area contributed by atoms with E-state index in [-0.39, 0.29) is 16.2 Å². The summed E-state index contributed by atoms with van der Waals surface area (Å²) in [5.74, 6) is 0.0947. The van der Waals surface area contributed by atoms with E-state index in [1.54, 1.807) is 31.5 Å². The first kappa shape index (κ1) is 32.0. The second kappa shape index (κ2) is 13.6. The zero-order valence-corrected chi connectivity index (χ0v) is 26.1. The second-order valence-corrected chi connectivity index (χ2v) is 12.5. The molecule has 11 heteroatoms. The van der Waals surface area contributed by atoms with Crippen molar-refractivity contribution in [3.63, 3.8) is 0 Å². The number of benzene rings is 3. The van der Waals surface area contributed by atoms with E-state index in [2.05, 4.69) is 9.88 Å². The van der Waals surface area contributed by atoms with Crippen molar-refractivity contribution < 1.29 is 26.7 Å². The molecule has 0 saturated heterocycles. The van der Waals surface area contributed by atoms with Crippen LogP contribution in [0.15, 0.2) is 71.9 Å². The van der Waals surface area contributed by atoms with Crippen molar-refractivity contribution in [2.45, 2.75) is 17.7 Å². The van der Waals surface area contributed by atoms with Crippen molar-refractivity contribution in [3.05, 3.63) is 89.8 Å². The number of hydrogen-bond acceptors (Lipinski definition) is 6. The van der Waals surface area contributed by atoms with E-state index in [1.165, 1.54) is 43.5 Å². The summed E-state index contributed by atoms with van der Waals surface area (Å²) in [6.07, 6.45) is 5.02. The Hall–Kier alpha value is -3.93. The van der Waals surface area contributed by atoms with Gasteiger partial charge in [-0.1, -0.05) is 18.2 Å². The SMILES string of the molecule is COc1cc(F)cc2[nH]cc(CCN(C)C)c12.COc1cc(F)cc2c1c(CCN(C)C)cn2S(=O)(=O)c1ccccc1. The van der Waals surface area contributed by atoms with Crippen LogP contribution in [-0.2, 0) is 22.9 Å².